The van der Waals surface area contributed by atoms with E-state index in [4.69, 9.17) is 0 Å². The van der Waals surface area contributed by atoms with Crippen LogP contribution in [-0.2, 0) is 6.18 Å². The average Bonchev–Trinajstić information content (AvgIpc) is 3.28. The summed E-state index contributed by atoms with van der Waals surface area (Å²) < 4.78 is 39.1. The highest BCUT2D eigenvalue weighted by Crippen LogP contribution is 2.26. The zero-order valence-corrected chi connectivity index (χ0v) is 13.4. The maximum atomic E-state index is 12.6. The zero-order chi connectivity index (χ0) is 19.0. The number of aromatic amines is 1. The van der Waals surface area contributed by atoms with E-state index in [1.165, 1.54) is 16.9 Å². The van der Waals surface area contributed by atoms with E-state index < -0.39 is 23.9 Å². The van der Waals surface area contributed by atoms with Crippen molar-refractivity contribution < 1.29 is 18.0 Å². The molecule has 0 radical (unpaired) electrons. The number of amides is 1. The van der Waals surface area contributed by atoms with Crippen LogP contribution in [0.15, 0.2) is 48.8 Å². The third kappa shape index (κ3) is 3.10. The molecule has 0 aliphatic rings. The van der Waals surface area contributed by atoms with Gasteiger partial charge in [0.25, 0.3) is 5.91 Å². The molecule has 0 saturated carbocycles. The minimum atomic E-state index is -4.69. The molecule has 0 aliphatic heterocycles. The largest absolute Gasteiger partial charge is 0.451 e. The van der Waals surface area contributed by atoms with Gasteiger partial charge in [-0.2, -0.15) is 23.3 Å². The number of aromatic nitrogens is 6. The van der Waals surface area contributed by atoms with E-state index in [1.807, 2.05) is 30.3 Å². The van der Waals surface area contributed by atoms with Crippen molar-refractivity contribution in [3.8, 4) is 11.3 Å². The van der Waals surface area contributed by atoms with Gasteiger partial charge in [0, 0.05) is 11.8 Å². The number of fused-ring (bicyclic) bond motifs is 1. The van der Waals surface area contributed by atoms with Crippen LogP contribution in [-0.4, -0.2) is 35.7 Å². The summed E-state index contributed by atoms with van der Waals surface area (Å²) in [4.78, 5) is 19.8. The van der Waals surface area contributed by atoms with E-state index in [0.717, 1.165) is 5.56 Å². The van der Waals surface area contributed by atoms with Gasteiger partial charge in [0.2, 0.25) is 11.8 Å². The third-order valence-electron chi connectivity index (χ3n) is 3.69. The fraction of sp³-hybridized carbons (Fsp3) is 0.0625. The smallest absolute Gasteiger partial charge is 0.289 e. The fourth-order valence-corrected chi connectivity index (χ4v) is 2.49. The van der Waals surface area contributed by atoms with Crippen molar-refractivity contribution >= 4 is 17.5 Å². The van der Waals surface area contributed by atoms with E-state index in [-0.39, 0.29) is 11.2 Å². The Morgan fingerprint density at radius 2 is 1.93 bits per heavy atom. The van der Waals surface area contributed by atoms with Gasteiger partial charge in [-0.3, -0.25) is 15.2 Å². The summed E-state index contributed by atoms with van der Waals surface area (Å²) in [5.74, 6) is -2.52. The molecule has 8 nitrogen and oxygen atoms in total. The number of carbonyl (C=O) groups excluding carboxylic acids is 1. The standard InChI is InChI=1S/C16H10F3N7O/c17-16(18,19)14-23-15(25-24-14)22-13(27)10-8-21-26-11(6-7-20-12(10)26)9-4-2-1-3-5-9/h1-8H,(H2,22,23,24,25,27). The maximum absolute atomic E-state index is 12.6. The van der Waals surface area contributed by atoms with Crippen LogP contribution < -0.4 is 5.32 Å². The normalized spacial score (nSPS) is 11.7. The number of anilines is 1. The van der Waals surface area contributed by atoms with Crippen molar-refractivity contribution in [1.82, 2.24) is 29.8 Å². The monoisotopic (exact) mass is 373 g/mol. The van der Waals surface area contributed by atoms with Crippen LogP contribution in [0.2, 0.25) is 0 Å². The van der Waals surface area contributed by atoms with Crippen LogP contribution in [0.3, 0.4) is 0 Å². The lowest BCUT2D eigenvalue weighted by molar-refractivity contribution is -0.144. The third-order valence-corrected chi connectivity index (χ3v) is 3.69. The van der Waals surface area contributed by atoms with Gasteiger partial charge >= 0.3 is 6.18 Å². The van der Waals surface area contributed by atoms with Crippen LogP contribution in [0.4, 0.5) is 19.1 Å². The molecule has 0 aliphatic carbocycles. The number of alkyl halides is 3. The lowest BCUT2D eigenvalue weighted by atomic mass is 10.1. The molecule has 27 heavy (non-hydrogen) atoms. The molecule has 4 aromatic rings. The molecule has 0 saturated heterocycles. The van der Waals surface area contributed by atoms with Crippen molar-refractivity contribution in [2.24, 2.45) is 0 Å². The molecule has 11 heteroatoms. The Morgan fingerprint density at radius 1 is 1.15 bits per heavy atom. The number of nitrogens with zero attached hydrogens (tertiary/aromatic N) is 5. The first-order valence-electron chi connectivity index (χ1n) is 7.62. The van der Waals surface area contributed by atoms with Gasteiger partial charge in [-0.15, -0.1) is 5.10 Å². The number of rotatable bonds is 3. The maximum Gasteiger partial charge on any atom is 0.451 e. The molecule has 0 unspecified atom stereocenters. The molecular formula is C16H10F3N7O. The molecule has 4 rings (SSSR count). The van der Waals surface area contributed by atoms with Gasteiger partial charge < -0.3 is 0 Å². The number of hydrogen-bond donors (Lipinski definition) is 2. The molecule has 2 N–H and O–H groups in total. The molecule has 3 heterocycles. The van der Waals surface area contributed by atoms with Crippen LogP contribution in [0, 0.1) is 0 Å². The van der Waals surface area contributed by atoms with E-state index in [2.05, 4.69) is 25.5 Å². The Labute approximate surface area is 149 Å². The summed E-state index contributed by atoms with van der Waals surface area (Å²) in [6.45, 7) is 0. The predicted octanol–water partition coefficient (Wildman–Crippen LogP) is 2.79. The highest BCUT2D eigenvalue weighted by atomic mass is 19.4. The SMILES string of the molecule is O=C(Nc1n[nH]c(C(F)(F)F)n1)c1cnn2c(-c3ccccc3)ccnc12. The Hall–Kier alpha value is -3.76. The topological polar surface area (TPSA) is 101 Å². The van der Waals surface area contributed by atoms with Gasteiger partial charge in [-0.05, 0) is 6.07 Å². The summed E-state index contributed by atoms with van der Waals surface area (Å²) in [6.07, 6.45) is -1.89. The van der Waals surface area contributed by atoms with Crippen molar-refractivity contribution in [2.45, 2.75) is 6.18 Å². The number of benzene rings is 1. The number of H-pyrrole nitrogens is 1. The van der Waals surface area contributed by atoms with Gasteiger partial charge in [0.05, 0.1) is 11.9 Å². The molecule has 3 aromatic heterocycles. The Bertz CT molecular complexity index is 1120. The highest BCUT2D eigenvalue weighted by molar-refractivity contribution is 6.07. The summed E-state index contributed by atoms with van der Waals surface area (Å²) in [5.41, 5.74) is 1.90. The lowest BCUT2D eigenvalue weighted by Crippen LogP contribution is -2.14. The van der Waals surface area contributed by atoms with E-state index >= 15 is 0 Å². The Balaban J connectivity index is 1.66. The first-order chi connectivity index (χ1) is 12.9. The van der Waals surface area contributed by atoms with Crippen molar-refractivity contribution in [1.29, 1.82) is 0 Å². The second kappa shape index (κ2) is 6.20. The highest BCUT2D eigenvalue weighted by Gasteiger charge is 2.35. The van der Waals surface area contributed by atoms with Crippen molar-refractivity contribution in [3.63, 3.8) is 0 Å². The second-order valence-electron chi connectivity index (χ2n) is 5.45. The summed E-state index contributed by atoms with van der Waals surface area (Å²) in [7, 11) is 0. The zero-order valence-electron chi connectivity index (χ0n) is 13.4. The molecule has 0 bridgehead atoms. The molecule has 1 amide bonds. The number of halogens is 3. The van der Waals surface area contributed by atoms with Crippen LogP contribution in [0.5, 0.6) is 0 Å². The number of hydrogen-bond acceptors (Lipinski definition) is 5. The molecule has 0 atom stereocenters. The van der Waals surface area contributed by atoms with Gasteiger partial charge in [-0.25, -0.2) is 9.50 Å². The predicted molar refractivity (Wildman–Crippen MR) is 87.8 cm³/mol. The van der Waals surface area contributed by atoms with Gasteiger partial charge in [-0.1, -0.05) is 30.3 Å². The van der Waals surface area contributed by atoms with Crippen molar-refractivity contribution in [2.75, 3.05) is 5.32 Å². The first kappa shape index (κ1) is 16.7. The quantitative estimate of drug-likeness (QED) is 0.575. The Morgan fingerprint density at radius 3 is 2.63 bits per heavy atom. The molecular weight excluding hydrogens is 363 g/mol. The average molecular weight is 373 g/mol. The summed E-state index contributed by atoms with van der Waals surface area (Å²) in [6, 6.07) is 11.1. The van der Waals surface area contributed by atoms with Crippen LogP contribution in [0.25, 0.3) is 16.9 Å². The summed E-state index contributed by atoms with van der Waals surface area (Å²) in [5, 5.41) is 11.4. The lowest BCUT2D eigenvalue weighted by Gasteiger charge is -2.04. The fourth-order valence-electron chi connectivity index (χ4n) is 2.49. The molecule has 0 fully saturated rings. The minimum Gasteiger partial charge on any atom is -0.289 e. The van der Waals surface area contributed by atoms with Crippen molar-refractivity contribution in [3.05, 3.63) is 60.2 Å². The van der Waals surface area contributed by atoms with E-state index in [1.54, 1.807) is 11.2 Å². The van der Waals surface area contributed by atoms with Gasteiger partial charge in [0.1, 0.15) is 5.56 Å². The molecule has 1 aromatic carbocycles. The van der Waals surface area contributed by atoms with E-state index in [9.17, 15) is 18.0 Å². The second-order valence-corrected chi connectivity index (χ2v) is 5.45. The number of nitrogens with one attached hydrogen (secondary N) is 2. The van der Waals surface area contributed by atoms with Crippen LogP contribution in [0.1, 0.15) is 16.2 Å². The van der Waals surface area contributed by atoms with E-state index in [0.29, 0.717) is 5.69 Å². The Kier molecular flexibility index (Phi) is 3.83. The minimum absolute atomic E-state index is 0.0751. The first-order valence-corrected chi connectivity index (χ1v) is 7.62. The summed E-state index contributed by atoms with van der Waals surface area (Å²) >= 11 is 0. The van der Waals surface area contributed by atoms with Gasteiger partial charge in [0.15, 0.2) is 5.65 Å². The molecule has 0 spiro atoms. The molecule has 136 valence electrons. The van der Waals surface area contributed by atoms with Crippen LogP contribution >= 0.6 is 0 Å². The number of carbonyl (C=O) groups is 1.